The first kappa shape index (κ1) is 13.7. The summed E-state index contributed by atoms with van der Waals surface area (Å²) in [6.45, 7) is 4.47. The maximum absolute atomic E-state index is 11.1. The van der Waals surface area contributed by atoms with Crippen molar-refractivity contribution in [1.29, 1.82) is 0 Å². The van der Waals surface area contributed by atoms with Crippen LogP contribution in [-0.2, 0) is 0 Å². The van der Waals surface area contributed by atoms with Gasteiger partial charge in [-0.1, -0.05) is 57.5 Å². The molecule has 1 rings (SSSR count). The van der Waals surface area contributed by atoms with E-state index in [0.29, 0.717) is 0 Å². The van der Waals surface area contributed by atoms with Crippen molar-refractivity contribution in [3.63, 3.8) is 0 Å². The molecule has 0 aromatic carbocycles. The topological polar surface area (TPSA) is 29.4 Å². The van der Waals surface area contributed by atoms with E-state index in [9.17, 15) is 4.91 Å². The molecule has 0 amide bonds. The Labute approximate surface area is 100 Å². The monoisotopic (exact) mass is 225 g/mol. The molecule has 0 heterocycles. The lowest BCUT2D eigenvalue weighted by atomic mass is 9.65. The summed E-state index contributed by atoms with van der Waals surface area (Å²) in [5, 5.41) is 3.46. The second kappa shape index (κ2) is 7.03. The summed E-state index contributed by atoms with van der Waals surface area (Å²) in [5.74, 6) is 0. The second-order valence-corrected chi connectivity index (χ2v) is 5.44. The second-order valence-electron chi connectivity index (χ2n) is 5.44. The van der Waals surface area contributed by atoms with Gasteiger partial charge in [0.2, 0.25) is 0 Å². The van der Waals surface area contributed by atoms with Crippen molar-refractivity contribution < 1.29 is 0 Å². The van der Waals surface area contributed by atoms with Crippen LogP contribution in [0.3, 0.4) is 0 Å². The fourth-order valence-corrected chi connectivity index (χ4v) is 3.22. The number of hydrogen-bond donors (Lipinski definition) is 0. The quantitative estimate of drug-likeness (QED) is 0.557. The smallest absolute Gasteiger partial charge is 0.0975 e. The van der Waals surface area contributed by atoms with Gasteiger partial charge in [-0.25, -0.2) is 0 Å². The van der Waals surface area contributed by atoms with Crippen molar-refractivity contribution in [2.45, 2.75) is 84.1 Å². The van der Waals surface area contributed by atoms with Crippen LogP contribution in [0.15, 0.2) is 5.18 Å². The zero-order valence-corrected chi connectivity index (χ0v) is 11.0. The van der Waals surface area contributed by atoms with Crippen molar-refractivity contribution in [2.75, 3.05) is 0 Å². The maximum Gasteiger partial charge on any atom is 0.0975 e. The highest BCUT2D eigenvalue weighted by Gasteiger charge is 2.40. The molecular weight excluding hydrogens is 198 g/mol. The zero-order valence-electron chi connectivity index (χ0n) is 11.0. The Hall–Kier alpha value is -0.400. The van der Waals surface area contributed by atoms with E-state index < -0.39 is 0 Å². The first-order valence-electron chi connectivity index (χ1n) is 7.11. The Balaban J connectivity index is 2.67. The molecule has 0 spiro atoms. The van der Waals surface area contributed by atoms with Crippen molar-refractivity contribution in [1.82, 2.24) is 0 Å². The third-order valence-electron chi connectivity index (χ3n) is 4.29. The third-order valence-corrected chi connectivity index (χ3v) is 4.29. The molecule has 94 valence electrons. The van der Waals surface area contributed by atoms with Crippen LogP contribution in [0.1, 0.15) is 78.1 Å². The van der Waals surface area contributed by atoms with E-state index in [2.05, 4.69) is 19.0 Å². The molecule has 0 saturated heterocycles. The highest BCUT2D eigenvalue weighted by molar-refractivity contribution is 4.93. The average Bonchev–Trinajstić information content (AvgIpc) is 2.34. The largest absolute Gasteiger partial charge is 0.150 e. The van der Waals surface area contributed by atoms with Crippen molar-refractivity contribution in [3.8, 4) is 0 Å². The van der Waals surface area contributed by atoms with E-state index in [0.717, 1.165) is 6.42 Å². The SMILES string of the molecule is CCCCC1(CCCC)CCCCC1N=O. The summed E-state index contributed by atoms with van der Waals surface area (Å²) >= 11 is 0. The molecule has 0 aromatic heterocycles. The molecule has 2 nitrogen and oxygen atoms in total. The van der Waals surface area contributed by atoms with E-state index in [-0.39, 0.29) is 11.5 Å². The fourth-order valence-electron chi connectivity index (χ4n) is 3.22. The molecular formula is C14H27NO. The van der Waals surface area contributed by atoms with Gasteiger partial charge >= 0.3 is 0 Å². The lowest BCUT2D eigenvalue weighted by Gasteiger charge is -2.41. The standard InChI is InChI=1S/C14H27NO/c1-3-5-10-14(11-6-4-2)12-8-7-9-13(14)15-16/h13H,3-12H2,1-2H3. The van der Waals surface area contributed by atoms with Gasteiger partial charge in [-0.3, -0.25) is 0 Å². The lowest BCUT2D eigenvalue weighted by molar-refractivity contribution is 0.118. The van der Waals surface area contributed by atoms with E-state index in [4.69, 9.17) is 0 Å². The van der Waals surface area contributed by atoms with Crippen LogP contribution in [0, 0.1) is 10.3 Å². The van der Waals surface area contributed by atoms with Gasteiger partial charge in [0.15, 0.2) is 0 Å². The fraction of sp³-hybridized carbons (Fsp3) is 1.00. The molecule has 0 radical (unpaired) electrons. The molecule has 0 aromatic rings. The predicted molar refractivity (Wildman–Crippen MR) is 69.5 cm³/mol. The minimum absolute atomic E-state index is 0.111. The molecule has 1 fully saturated rings. The molecule has 1 atom stereocenters. The van der Waals surface area contributed by atoms with Gasteiger partial charge in [0.05, 0.1) is 6.04 Å². The van der Waals surface area contributed by atoms with Gasteiger partial charge in [0, 0.05) is 0 Å². The van der Waals surface area contributed by atoms with Gasteiger partial charge in [0.25, 0.3) is 0 Å². The van der Waals surface area contributed by atoms with Gasteiger partial charge in [0.1, 0.15) is 0 Å². The van der Waals surface area contributed by atoms with Crippen LogP contribution < -0.4 is 0 Å². The summed E-state index contributed by atoms with van der Waals surface area (Å²) in [7, 11) is 0. The summed E-state index contributed by atoms with van der Waals surface area (Å²) in [4.78, 5) is 11.1. The Morgan fingerprint density at radius 1 is 1.12 bits per heavy atom. The van der Waals surface area contributed by atoms with Gasteiger partial charge in [-0.2, -0.15) is 4.91 Å². The van der Waals surface area contributed by atoms with Gasteiger partial charge in [-0.05, 0) is 31.1 Å². The van der Waals surface area contributed by atoms with Gasteiger partial charge in [-0.15, -0.1) is 0 Å². The summed E-state index contributed by atoms with van der Waals surface area (Å²) < 4.78 is 0. The Bertz CT molecular complexity index is 195. The predicted octanol–water partition coefficient (Wildman–Crippen LogP) is 5.06. The normalized spacial score (nSPS) is 24.2. The first-order chi connectivity index (χ1) is 7.79. The van der Waals surface area contributed by atoms with E-state index in [1.54, 1.807) is 0 Å². The summed E-state index contributed by atoms with van der Waals surface area (Å²) in [6.07, 6.45) is 12.2. The molecule has 1 saturated carbocycles. The number of rotatable bonds is 7. The summed E-state index contributed by atoms with van der Waals surface area (Å²) in [6, 6.07) is 0.111. The van der Waals surface area contributed by atoms with Crippen LogP contribution in [-0.4, -0.2) is 6.04 Å². The number of hydrogen-bond acceptors (Lipinski definition) is 2. The Kier molecular flexibility index (Phi) is 6.00. The third kappa shape index (κ3) is 3.29. The first-order valence-corrected chi connectivity index (χ1v) is 7.11. The minimum atomic E-state index is 0.111. The van der Waals surface area contributed by atoms with Crippen LogP contribution in [0.2, 0.25) is 0 Å². The highest BCUT2D eigenvalue weighted by Crippen LogP contribution is 2.46. The lowest BCUT2D eigenvalue weighted by Crippen LogP contribution is -2.37. The van der Waals surface area contributed by atoms with Crippen molar-refractivity contribution >= 4 is 0 Å². The van der Waals surface area contributed by atoms with E-state index in [1.807, 2.05) is 0 Å². The van der Waals surface area contributed by atoms with Crippen LogP contribution >= 0.6 is 0 Å². The van der Waals surface area contributed by atoms with Crippen molar-refractivity contribution in [2.24, 2.45) is 10.6 Å². The van der Waals surface area contributed by atoms with Crippen molar-refractivity contribution in [3.05, 3.63) is 4.91 Å². The van der Waals surface area contributed by atoms with Crippen LogP contribution in [0.4, 0.5) is 0 Å². The molecule has 1 unspecified atom stereocenters. The summed E-state index contributed by atoms with van der Waals surface area (Å²) in [5.41, 5.74) is 0.270. The number of nitrogens with zero attached hydrogens (tertiary/aromatic N) is 1. The molecule has 0 bridgehead atoms. The Morgan fingerprint density at radius 3 is 2.25 bits per heavy atom. The zero-order chi connectivity index (χ0) is 11.9. The minimum Gasteiger partial charge on any atom is -0.150 e. The highest BCUT2D eigenvalue weighted by atomic mass is 16.3. The number of unbranched alkanes of at least 4 members (excludes halogenated alkanes) is 2. The molecule has 16 heavy (non-hydrogen) atoms. The maximum atomic E-state index is 11.1. The van der Waals surface area contributed by atoms with Crippen LogP contribution in [0.5, 0.6) is 0 Å². The van der Waals surface area contributed by atoms with E-state index >= 15 is 0 Å². The number of nitroso groups, excluding NO2 is 1. The molecule has 1 aliphatic carbocycles. The average molecular weight is 225 g/mol. The van der Waals surface area contributed by atoms with Crippen LogP contribution in [0.25, 0.3) is 0 Å². The molecule has 2 heteroatoms. The van der Waals surface area contributed by atoms with Gasteiger partial charge < -0.3 is 0 Å². The Morgan fingerprint density at radius 2 is 1.75 bits per heavy atom. The molecule has 0 N–H and O–H groups in total. The molecule has 1 aliphatic rings. The molecule has 0 aliphatic heterocycles. The van der Waals surface area contributed by atoms with E-state index in [1.165, 1.54) is 57.8 Å².